The van der Waals surface area contributed by atoms with E-state index in [1.807, 2.05) is 41.8 Å². The maximum absolute atomic E-state index is 13.2. The van der Waals surface area contributed by atoms with E-state index in [1.165, 1.54) is 17.2 Å². The van der Waals surface area contributed by atoms with Gasteiger partial charge in [-0.1, -0.05) is 75.9 Å². The van der Waals surface area contributed by atoms with Gasteiger partial charge in [-0.25, -0.2) is 0 Å². The highest BCUT2D eigenvalue weighted by Crippen LogP contribution is 2.52. The van der Waals surface area contributed by atoms with E-state index in [0.717, 1.165) is 55.1 Å². The highest BCUT2D eigenvalue weighted by Gasteiger charge is 2.43. The summed E-state index contributed by atoms with van der Waals surface area (Å²) >= 11 is 7.66. The molecule has 4 aliphatic rings. The van der Waals surface area contributed by atoms with E-state index in [-0.39, 0.29) is 41.5 Å². The minimum absolute atomic E-state index is 0.0204. The molecule has 2 saturated heterocycles. The molecule has 0 bridgehead atoms. The number of alkyl halides is 3. The summed E-state index contributed by atoms with van der Waals surface area (Å²) in [4.78, 5) is 14.5. The number of nitrogens with zero attached hydrogens (tertiary/aromatic N) is 1. The van der Waals surface area contributed by atoms with Gasteiger partial charge in [-0.3, -0.25) is 4.79 Å². The van der Waals surface area contributed by atoms with Crippen molar-refractivity contribution >= 4 is 45.8 Å². The Kier molecular flexibility index (Phi) is 10.8. The van der Waals surface area contributed by atoms with Crippen LogP contribution in [0, 0.1) is 5.92 Å². The second-order valence-corrected chi connectivity index (χ2v) is 15.7. The van der Waals surface area contributed by atoms with Crippen molar-refractivity contribution in [1.29, 1.82) is 0 Å². The summed E-state index contributed by atoms with van der Waals surface area (Å²) in [6.45, 7) is 12.0. The van der Waals surface area contributed by atoms with Crippen LogP contribution in [0.15, 0.2) is 88.8 Å². The van der Waals surface area contributed by atoms with Crippen LogP contribution < -0.4 is 10.6 Å². The number of amides is 1. The molecule has 1 amide bonds. The Hall–Kier alpha value is -3.21. The lowest BCUT2D eigenvalue weighted by Gasteiger charge is -2.44. The molecular weight excluding hydrogens is 723 g/mol. The molecule has 5 atom stereocenters. The first kappa shape index (κ1) is 36.6. The molecular formula is C40H45BrF3N3O2S. The number of halogens is 4. The largest absolute Gasteiger partial charge is 0.416 e. The number of thiol groups is 1. The number of rotatable bonds is 4. The number of nitrogens with one attached hydrogen (secondary N) is 2. The Labute approximate surface area is 307 Å². The zero-order valence-corrected chi connectivity index (χ0v) is 31.2. The highest BCUT2D eigenvalue weighted by molar-refractivity contribution is 9.10. The molecule has 0 spiro atoms. The number of fused-ring (bicyclic) bond motifs is 4. The summed E-state index contributed by atoms with van der Waals surface area (Å²) in [6.07, 6.45) is 1.46. The van der Waals surface area contributed by atoms with E-state index in [1.54, 1.807) is 0 Å². The quantitative estimate of drug-likeness (QED) is 0.183. The van der Waals surface area contributed by atoms with Crippen LogP contribution in [0.5, 0.6) is 0 Å². The predicted octanol–water partition coefficient (Wildman–Crippen LogP) is 10.9. The van der Waals surface area contributed by atoms with Gasteiger partial charge in [-0.05, 0) is 92.9 Å². The van der Waals surface area contributed by atoms with E-state index < -0.39 is 11.7 Å². The lowest BCUT2D eigenvalue weighted by Crippen LogP contribution is -2.39. The van der Waals surface area contributed by atoms with Crippen molar-refractivity contribution in [2.75, 3.05) is 23.8 Å². The maximum atomic E-state index is 13.2. The van der Waals surface area contributed by atoms with Crippen molar-refractivity contribution in [2.45, 2.75) is 88.7 Å². The Morgan fingerprint density at radius 3 is 2.40 bits per heavy atom. The SMILES string of the molecule is C=C/C(=C\S)C1CC(N2CCCC2=O)c2cc(C(C)(C)C)ccc2N1.FC(F)(F)c1cc(Br)c2c(c1)C1OCCCC1[C@H](c1ccccc1)N2. The van der Waals surface area contributed by atoms with E-state index >= 15 is 0 Å². The Balaban J connectivity index is 0.000000173. The molecule has 50 heavy (non-hydrogen) atoms. The molecule has 0 aromatic heterocycles. The molecule has 4 aliphatic heterocycles. The average Bonchev–Trinajstić information content (AvgIpc) is 3.53. The van der Waals surface area contributed by atoms with E-state index in [4.69, 9.17) is 4.74 Å². The summed E-state index contributed by atoms with van der Waals surface area (Å²) < 4.78 is 46.0. The van der Waals surface area contributed by atoms with Crippen molar-refractivity contribution in [1.82, 2.24) is 4.90 Å². The third kappa shape index (κ3) is 7.53. The topological polar surface area (TPSA) is 53.6 Å². The third-order valence-corrected chi connectivity index (χ3v) is 11.3. The molecule has 0 aliphatic carbocycles. The van der Waals surface area contributed by atoms with Crippen LogP contribution in [0.3, 0.4) is 0 Å². The number of hydrogen-bond donors (Lipinski definition) is 3. The fraction of sp³-hybridized carbons (Fsp3) is 0.425. The monoisotopic (exact) mass is 767 g/mol. The minimum Gasteiger partial charge on any atom is -0.378 e. The molecule has 4 unspecified atom stereocenters. The smallest absolute Gasteiger partial charge is 0.378 e. The van der Waals surface area contributed by atoms with Crippen LogP contribution in [0.25, 0.3) is 0 Å². The van der Waals surface area contributed by atoms with Gasteiger partial charge in [0.1, 0.15) is 0 Å². The summed E-state index contributed by atoms with van der Waals surface area (Å²) in [6, 6.07) is 19.3. The van der Waals surface area contributed by atoms with Crippen LogP contribution in [0.4, 0.5) is 24.5 Å². The molecule has 4 heterocycles. The van der Waals surface area contributed by atoms with Gasteiger partial charge >= 0.3 is 6.18 Å². The van der Waals surface area contributed by atoms with Gasteiger partial charge in [-0.2, -0.15) is 25.8 Å². The normalized spacial score (nSPS) is 24.9. The molecule has 7 rings (SSSR count). The standard InChI is InChI=1S/C21H28N2OS.C19H17BrF3NO/c1-5-14(13-25)18-12-19(23-10-6-7-20(23)24)16-11-15(21(2,3)4)8-9-17(16)22-18;20-15-10-12(19(21,22)23)9-14-17(15)24-16(11-5-2-1-3-6-11)13-7-4-8-25-18(13)14/h5,8-9,11,13,18-19,22,25H,1,6-7,10,12H2,2-4H3;1-3,5-6,9-10,13,16,18,24H,4,7-8H2/b14-13+;/t;13?,16-,18?/m.0/s1. The zero-order chi connectivity index (χ0) is 35.8. The first-order valence-electron chi connectivity index (χ1n) is 17.3. The molecule has 3 aromatic carbocycles. The fourth-order valence-electron chi connectivity index (χ4n) is 7.72. The van der Waals surface area contributed by atoms with Gasteiger partial charge in [0.25, 0.3) is 0 Å². The van der Waals surface area contributed by atoms with Gasteiger partial charge in [0.05, 0.1) is 35.5 Å². The van der Waals surface area contributed by atoms with Crippen LogP contribution in [0.1, 0.15) is 98.9 Å². The Bertz CT molecular complexity index is 1760. The molecule has 10 heteroatoms. The van der Waals surface area contributed by atoms with E-state index in [0.29, 0.717) is 28.8 Å². The molecule has 2 N–H and O–H groups in total. The number of ether oxygens (including phenoxy) is 1. The number of anilines is 2. The van der Waals surface area contributed by atoms with Crippen molar-refractivity contribution in [3.8, 4) is 0 Å². The average molecular weight is 769 g/mol. The first-order chi connectivity index (χ1) is 23.8. The lowest BCUT2D eigenvalue weighted by molar-refractivity contribution is -0.138. The molecule has 3 aromatic rings. The second kappa shape index (κ2) is 14.8. The second-order valence-electron chi connectivity index (χ2n) is 14.6. The Morgan fingerprint density at radius 2 is 1.76 bits per heavy atom. The molecule has 266 valence electrons. The molecule has 5 nitrogen and oxygen atoms in total. The number of benzene rings is 3. The number of carbonyl (C=O) groups excluding carboxylic acids is 1. The predicted molar refractivity (Wildman–Crippen MR) is 201 cm³/mol. The third-order valence-electron chi connectivity index (χ3n) is 10.3. The fourth-order valence-corrected chi connectivity index (χ4v) is 8.59. The van der Waals surface area contributed by atoms with E-state index in [9.17, 15) is 18.0 Å². The lowest BCUT2D eigenvalue weighted by atomic mass is 9.77. The van der Waals surface area contributed by atoms with E-state index in [2.05, 4.69) is 89.6 Å². The Morgan fingerprint density at radius 1 is 1.02 bits per heavy atom. The van der Waals surface area contributed by atoms with Gasteiger partial charge in [-0.15, -0.1) is 0 Å². The number of carbonyl (C=O) groups is 1. The van der Waals surface area contributed by atoms with Gasteiger partial charge in [0, 0.05) is 41.2 Å². The highest BCUT2D eigenvalue weighted by atomic mass is 79.9. The van der Waals surface area contributed by atoms with Crippen molar-refractivity contribution in [3.05, 3.63) is 117 Å². The van der Waals surface area contributed by atoms with Crippen LogP contribution >= 0.6 is 28.6 Å². The maximum Gasteiger partial charge on any atom is 0.416 e. The number of hydrogen-bond acceptors (Lipinski definition) is 5. The minimum atomic E-state index is -4.38. The van der Waals surface area contributed by atoms with Crippen LogP contribution in [-0.2, 0) is 21.1 Å². The van der Waals surface area contributed by atoms with Crippen molar-refractivity contribution in [2.24, 2.45) is 5.92 Å². The van der Waals surface area contributed by atoms with Crippen LogP contribution in [-0.4, -0.2) is 30.0 Å². The number of likely N-dealkylation sites (tertiary alicyclic amines) is 1. The van der Waals surface area contributed by atoms with Gasteiger partial charge < -0.3 is 20.3 Å². The van der Waals surface area contributed by atoms with Gasteiger partial charge in [0.2, 0.25) is 5.91 Å². The summed E-state index contributed by atoms with van der Waals surface area (Å²) in [5, 5.41) is 8.89. The summed E-state index contributed by atoms with van der Waals surface area (Å²) in [5.74, 6) is 0.381. The molecule has 0 saturated carbocycles. The summed E-state index contributed by atoms with van der Waals surface area (Å²) in [7, 11) is 0. The summed E-state index contributed by atoms with van der Waals surface area (Å²) in [5.41, 5.74) is 6.57. The first-order valence-corrected chi connectivity index (χ1v) is 18.6. The van der Waals surface area contributed by atoms with Crippen LogP contribution in [0.2, 0.25) is 0 Å². The van der Waals surface area contributed by atoms with Crippen molar-refractivity contribution in [3.63, 3.8) is 0 Å². The zero-order valence-electron chi connectivity index (χ0n) is 28.7. The molecule has 2 fully saturated rings. The van der Waals surface area contributed by atoms with Gasteiger partial charge in [0.15, 0.2) is 0 Å². The molecule has 0 radical (unpaired) electrons. The van der Waals surface area contributed by atoms with Crippen molar-refractivity contribution < 1.29 is 22.7 Å².